The van der Waals surface area contributed by atoms with Crippen LogP contribution >= 0.6 is 0 Å². The van der Waals surface area contributed by atoms with Crippen LogP contribution in [0.3, 0.4) is 0 Å². The van der Waals surface area contributed by atoms with Crippen LogP contribution in [0.15, 0.2) is 29.2 Å². The quantitative estimate of drug-likeness (QED) is 0.893. The summed E-state index contributed by atoms with van der Waals surface area (Å²) in [6.07, 6.45) is 1.09. The van der Waals surface area contributed by atoms with Crippen LogP contribution < -0.4 is 0 Å². The summed E-state index contributed by atoms with van der Waals surface area (Å²) in [6.45, 7) is 3.52. The van der Waals surface area contributed by atoms with Crippen molar-refractivity contribution in [3.63, 3.8) is 0 Å². The third kappa shape index (κ3) is 3.06. The molecule has 1 rings (SSSR count). The molecular weight excluding hydrogens is 240 g/mol. The maximum Gasteiger partial charge on any atom is 0.311 e. The molecule has 0 aliphatic heterocycles. The van der Waals surface area contributed by atoms with E-state index in [1.54, 1.807) is 32.0 Å². The number of aliphatic carboxylic acids is 1. The molecule has 1 aromatic rings. The molecule has 4 nitrogen and oxygen atoms in total. The van der Waals surface area contributed by atoms with Gasteiger partial charge in [-0.1, -0.05) is 32.0 Å². The van der Waals surface area contributed by atoms with Crippen molar-refractivity contribution in [2.75, 3.05) is 6.26 Å². The molecule has 0 amide bonds. The molecule has 0 radical (unpaired) electrons. The third-order valence-electron chi connectivity index (χ3n) is 2.59. The van der Waals surface area contributed by atoms with E-state index in [1.807, 2.05) is 0 Å². The highest BCUT2D eigenvalue weighted by Crippen LogP contribution is 2.30. The molecule has 0 aromatic heterocycles. The van der Waals surface area contributed by atoms with Crippen LogP contribution in [0.4, 0.5) is 0 Å². The summed E-state index contributed by atoms with van der Waals surface area (Å²) in [5, 5.41) is 9.19. The maximum atomic E-state index is 11.6. The van der Waals surface area contributed by atoms with Gasteiger partial charge in [0.1, 0.15) is 0 Å². The van der Waals surface area contributed by atoms with E-state index in [0.29, 0.717) is 5.56 Å². The molecule has 0 saturated heterocycles. The Bertz CT molecular complexity index is 517. The Morgan fingerprint density at radius 3 is 2.18 bits per heavy atom. The van der Waals surface area contributed by atoms with Gasteiger partial charge in [-0.25, -0.2) is 8.42 Å². The van der Waals surface area contributed by atoms with Crippen molar-refractivity contribution < 1.29 is 18.3 Å². The number of carbonyl (C=O) groups is 1. The first kappa shape index (κ1) is 13.7. The van der Waals surface area contributed by atoms with Crippen molar-refractivity contribution >= 4 is 15.8 Å². The maximum absolute atomic E-state index is 11.6. The molecular formula is C12H16O4S. The van der Waals surface area contributed by atoms with E-state index in [0.717, 1.165) is 6.26 Å². The smallest absolute Gasteiger partial charge is 0.311 e. The van der Waals surface area contributed by atoms with Crippen LogP contribution in [-0.4, -0.2) is 25.7 Å². The minimum absolute atomic E-state index is 0.0982. The van der Waals surface area contributed by atoms with Gasteiger partial charge in [-0.15, -0.1) is 0 Å². The van der Waals surface area contributed by atoms with Crippen molar-refractivity contribution in [1.82, 2.24) is 0 Å². The summed E-state index contributed by atoms with van der Waals surface area (Å²) < 4.78 is 23.2. The lowest BCUT2D eigenvalue weighted by molar-refractivity contribution is -0.139. The normalized spacial score (nSPS) is 13.6. The Kier molecular flexibility index (Phi) is 3.93. The van der Waals surface area contributed by atoms with E-state index in [2.05, 4.69) is 0 Å². The Morgan fingerprint density at radius 1 is 1.24 bits per heavy atom. The van der Waals surface area contributed by atoms with Crippen molar-refractivity contribution in [3.05, 3.63) is 29.8 Å². The van der Waals surface area contributed by atoms with E-state index < -0.39 is 21.7 Å². The molecule has 1 unspecified atom stereocenters. The Hall–Kier alpha value is -1.36. The van der Waals surface area contributed by atoms with Crippen molar-refractivity contribution in [1.29, 1.82) is 0 Å². The van der Waals surface area contributed by atoms with E-state index in [9.17, 15) is 18.3 Å². The topological polar surface area (TPSA) is 71.4 Å². The molecule has 0 aliphatic rings. The predicted molar refractivity (Wildman–Crippen MR) is 64.8 cm³/mol. The second-order valence-electron chi connectivity index (χ2n) is 4.37. The second kappa shape index (κ2) is 4.87. The number of carboxylic acid groups (broad SMARTS) is 1. The Morgan fingerprint density at radius 2 is 1.76 bits per heavy atom. The first-order valence-corrected chi connectivity index (χ1v) is 7.16. The van der Waals surface area contributed by atoms with Crippen LogP contribution in [0.2, 0.25) is 0 Å². The van der Waals surface area contributed by atoms with Gasteiger partial charge in [0.05, 0.1) is 10.8 Å². The van der Waals surface area contributed by atoms with Gasteiger partial charge in [0.25, 0.3) is 0 Å². The molecule has 0 spiro atoms. The summed E-state index contributed by atoms with van der Waals surface area (Å²) in [5.74, 6) is -1.98. The number of hydrogen-bond acceptors (Lipinski definition) is 3. The average molecular weight is 256 g/mol. The zero-order chi connectivity index (χ0) is 13.2. The minimum atomic E-state index is -3.41. The molecule has 17 heavy (non-hydrogen) atoms. The zero-order valence-electron chi connectivity index (χ0n) is 10.0. The number of carboxylic acids is 1. The zero-order valence-corrected chi connectivity index (χ0v) is 10.9. The van der Waals surface area contributed by atoms with Gasteiger partial charge in [-0.3, -0.25) is 4.79 Å². The molecule has 0 bridgehead atoms. The molecule has 1 aromatic carbocycles. The van der Waals surface area contributed by atoms with Crippen LogP contribution in [0.1, 0.15) is 25.3 Å². The van der Waals surface area contributed by atoms with Crippen LogP contribution in [0.5, 0.6) is 0 Å². The summed E-state index contributed by atoms with van der Waals surface area (Å²) in [4.78, 5) is 11.3. The van der Waals surface area contributed by atoms with Gasteiger partial charge in [-0.2, -0.15) is 0 Å². The lowest BCUT2D eigenvalue weighted by atomic mass is 9.88. The second-order valence-corrected chi connectivity index (χ2v) is 6.35. The number of rotatable bonds is 4. The first-order valence-electron chi connectivity index (χ1n) is 5.27. The van der Waals surface area contributed by atoms with Gasteiger partial charge in [0.2, 0.25) is 0 Å². The van der Waals surface area contributed by atoms with E-state index in [1.165, 1.54) is 6.07 Å². The molecule has 5 heteroatoms. The fraction of sp³-hybridized carbons (Fsp3) is 0.417. The molecule has 0 fully saturated rings. The lowest BCUT2D eigenvalue weighted by Gasteiger charge is -2.19. The average Bonchev–Trinajstić information content (AvgIpc) is 2.15. The highest BCUT2D eigenvalue weighted by molar-refractivity contribution is 7.90. The summed E-state index contributed by atoms with van der Waals surface area (Å²) in [5.41, 5.74) is 0.359. The fourth-order valence-corrected chi connectivity index (χ4v) is 2.80. The van der Waals surface area contributed by atoms with Gasteiger partial charge >= 0.3 is 5.97 Å². The van der Waals surface area contributed by atoms with E-state index in [4.69, 9.17) is 0 Å². The highest BCUT2D eigenvalue weighted by atomic mass is 32.2. The van der Waals surface area contributed by atoms with Gasteiger partial charge in [-0.05, 0) is 17.5 Å². The van der Waals surface area contributed by atoms with Gasteiger partial charge in [0, 0.05) is 6.26 Å². The standard InChI is InChI=1S/C12H16O4S/c1-8(2)11(12(13)14)9-6-4-5-7-10(9)17(3,15)16/h4-8,11H,1-3H3,(H,13,14). The van der Waals surface area contributed by atoms with Crippen LogP contribution in [0.25, 0.3) is 0 Å². The lowest BCUT2D eigenvalue weighted by Crippen LogP contribution is -2.20. The number of sulfone groups is 1. The molecule has 0 saturated carbocycles. The van der Waals surface area contributed by atoms with Crippen molar-refractivity contribution in [2.45, 2.75) is 24.7 Å². The fourth-order valence-electron chi connectivity index (χ4n) is 1.85. The minimum Gasteiger partial charge on any atom is -0.481 e. The largest absolute Gasteiger partial charge is 0.481 e. The molecule has 1 N–H and O–H groups in total. The molecule has 0 aliphatic carbocycles. The SMILES string of the molecule is CC(C)C(C(=O)O)c1ccccc1S(C)(=O)=O. The Balaban J connectivity index is 3.45. The van der Waals surface area contributed by atoms with E-state index >= 15 is 0 Å². The van der Waals surface area contributed by atoms with Crippen molar-refractivity contribution in [2.24, 2.45) is 5.92 Å². The number of hydrogen-bond donors (Lipinski definition) is 1. The summed E-state index contributed by atoms with van der Waals surface area (Å²) in [6, 6.07) is 6.26. The van der Waals surface area contributed by atoms with Crippen LogP contribution in [0, 0.1) is 5.92 Å². The molecule has 0 heterocycles. The molecule has 94 valence electrons. The highest BCUT2D eigenvalue weighted by Gasteiger charge is 2.28. The van der Waals surface area contributed by atoms with Gasteiger partial charge in [0.15, 0.2) is 9.84 Å². The van der Waals surface area contributed by atoms with Crippen LogP contribution in [-0.2, 0) is 14.6 Å². The number of benzene rings is 1. The van der Waals surface area contributed by atoms with E-state index in [-0.39, 0.29) is 10.8 Å². The molecule has 1 atom stereocenters. The Labute approximate surface area is 101 Å². The summed E-state index contributed by atoms with van der Waals surface area (Å²) in [7, 11) is -3.41. The third-order valence-corrected chi connectivity index (χ3v) is 3.76. The predicted octanol–water partition coefficient (Wildman–Crippen LogP) is 1.91. The first-order chi connectivity index (χ1) is 7.75. The van der Waals surface area contributed by atoms with Gasteiger partial charge < -0.3 is 5.11 Å². The van der Waals surface area contributed by atoms with Crippen molar-refractivity contribution in [3.8, 4) is 0 Å². The summed E-state index contributed by atoms with van der Waals surface area (Å²) >= 11 is 0. The monoisotopic (exact) mass is 256 g/mol.